The Balaban J connectivity index is 1.49. The van der Waals surface area contributed by atoms with Crippen molar-refractivity contribution in [2.75, 3.05) is 13.2 Å². The molecule has 1 aliphatic rings. The van der Waals surface area contributed by atoms with E-state index in [2.05, 4.69) is 0 Å². The molecule has 0 N–H and O–H groups in total. The topological polar surface area (TPSA) is 55.8 Å². The van der Waals surface area contributed by atoms with Gasteiger partial charge in [0.25, 0.3) is 0 Å². The Morgan fingerprint density at radius 3 is 2.53 bits per heavy atom. The number of ether oxygens (including phenoxy) is 2. The third-order valence-electron chi connectivity index (χ3n) is 5.26. The molecule has 1 heterocycles. The number of sulfonamides is 1. The summed E-state index contributed by atoms with van der Waals surface area (Å²) in [5.41, 5.74) is 2.57. The number of benzene rings is 3. The van der Waals surface area contributed by atoms with Crippen LogP contribution in [0.15, 0.2) is 65.6 Å². The number of halogens is 2. The van der Waals surface area contributed by atoms with Crippen molar-refractivity contribution in [1.82, 2.24) is 4.31 Å². The van der Waals surface area contributed by atoms with Gasteiger partial charge in [0, 0.05) is 18.7 Å². The Labute approximate surface area is 186 Å². The van der Waals surface area contributed by atoms with Gasteiger partial charge in [-0.3, -0.25) is 0 Å². The van der Waals surface area contributed by atoms with E-state index < -0.39 is 15.8 Å². The monoisotopic (exact) mass is 459 g/mol. The first-order valence-corrected chi connectivity index (χ1v) is 11.6. The summed E-state index contributed by atoms with van der Waals surface area (Å²) in [5, 5.41) is 0. The van der Waals surface area contributed by atoms with Gasteiger partial charge in [-0.25, -0.2) is 17.2 Å². The lowest BCUT2D eigenvalue weighted by atomic mass is 10.1. The van der Waals surface area contributed by atoms with Gasteiger partial charge in [0.05, 0.1) is 18.1 Å². The molecule has 0 spiro atoms. The van der Waals surface area contributed by atoms with Crippen LogP contribution in [0.4, 0.5) is 8.78 Å². The highest BCUT2D eigenvalue weighted by molar-refractivity contribution is 7.89. The molecule has 0 saturated heterocycles. The molecule has 3 aromatic carbocycles. The molecule has 0 aliphatic carbocycles. The average molecular weight is 460 g/mol. The summed E-state index contributed by atoms with van der Waals surface area (Å²) in [5.74, 6) is -0.144. The van der Waals surface area contributed by atoms with Gasteiger partial charge in [-0.2, -0.15) is 4.31 Å². The molecule has 0 fully saturated rings. The van der Waals surface area contributed by atoms with E-state index in [9.17, 15) is 17.2 Å². The lowest BCUT2D eigenvalue weighted by Gasteiger charge is -2.20. The number of rotatable bonds is 6. The van der Waals surface area contributed by atoms with Crippen molar-refractivity contribution in [3.8, 4) is 5.75 Å². The highest BCUT2D eigenvalue weighted by Gasteiger charge is 2.28. The van der Waals surface area contributed by atoms with Crippen LogP contribution >= 0.6 is 0 Å². The first-order valence-electron chi connectivity index (χ1n) is 10.2. The minimum absolute atomic E-state index is 0.0504. The number of hydrogen-bond acceptors (Lipinski definition) is 4. The van der Waals surface area contributed by atoms with Crippen molar-refractivity contribution in [2.45, 2.75) is 31.6 Å². The zero-order valence-corrected chi connectivity index (χ0v) is 18.4. The van der Waals surface area contributed by atoms with E-state index in [1.807, 2.05) is 12.1 Å². The van der Waals surface area contributed by atoms with Crippen molar-refractivity contribution in [2.24, 2.45) is 0 Å². The van der Waals surface area contributed by atoms with Crippen molar-refractivity contribution in [3.05, 3.63) is 94.6 Å². The molecule has 0 atom stereocenters. The molecule has 168 valence electrons. The Kier molecular flexibility index (Phi) is 6.55. The van der Waals surface area contributed by atoms with Crippen LogP contribution in [0, 0.1) is 18.6 Å². The molecule has 8 heteroatoms. The second-order valence-corrected chi connectivity index (χ2v) is 9.60. The second-order valence-electron chi connectivity index (χ2n) is 7.66. The van der Waals surface area contributed by atoms with Gasteiger partial charge in [0.2, 0.25) is 10.0 Å². The Morgan fingerprint density at radius 1 is 1.00 bits per heavy atom. The highest BCUT2D eigenvalue weighted by atomic mass is 32.2. The quantitative estimate of drug-likeness (QED) is 0.542. The standard InChI is InChI=1S/C24H23F2NO4S/c1-17-11-22(6-7-23(17)26)32(28,29)27-9-10-31-24-8-5-19(12-20(24)14-27)16-30-15-18-3-2-4-21(25)13-18/h2-8,11-13H,9-10,14-16H2,1H3. The lowest BCUT2D eigenvalue weighted by Crippen LogP contribution is -2.32. The molecule has 0 bridgehead atoms. The van der Waals surface area contributed by atoms with E-state index in [0.29, 0.717) is 5.75 Å². The zero-order valence-electron chi connectivity index (χ0n) is 17.6. The minimum Gasteiger partial charge on any atom is -0.492 e. The average Bonchev–Trinajstić information content (AvgIpc) is 2.98. The lowest BCUT2D eigenvalue weighted by molar-refractivity contribution is 0.107. The predicted molar refractivity (Wildman–Crippen MR) is 116 cm³/mol. The van der Waals surface area contributed by atoms with E-state index in [4.69, 9.17) is 9.47 Å². The third kappa shape index (κ3) is 4.98. The third-order valence-corrected chi connectivity index (χ3v) is 7.10. The Bertz CT molecular complexity index is 1230. The molecule has 5 nitrogen and oxygen atoms in total. The molecule has 0 saturated carbocycles. The van der Waals surface area contributed by atoms with Crippen LogP contribution in [0.5, 0.6) is 5.75 Å². The van der Waals surface area contributed by atoms with Crippen LogP contribution in [0.3, 0.4) is 0 Å². The van der Waals surface area contributed by atoms with Crippen LogP contribution in [-0.2, 0) is 34.5 Å². The summed E-state index contributed by atoms with van der Waals surface area (Å²) in [4.78, 5) is 0.0504. The maximum absolute atomic E-state index is 13.6. The number of fused-ring (bicyclic) bond motifs is 1. The van der Waals surface area contributed by atoms with Crippen molar-refractivity contribution < 1.29 is 26.7 Å². The van der Waals surface area contributed by atoms with Gasteiger partial charge in [-0.1, -0.05) is 18.2 Å². The van der Waals surface area contributed by atoms with Gasteiger partial charge in [0.1, 0.15) is 24.0 Å². The van der Waals surface area contributed by atoms with Gasteiger partial charge < -0.3 is 9.47 Å². The highest BCUT2D eigenvalue weighted by Crippen LogP contribution is 2.28. The summed E-state index contributed by atoms with van der Waals surface area (Å²) < 4.78 is 66.0. The van der Waals surface area contributed by atoms with E-state index in [0.717, 1.165) is 16.7 Å². The van der Waals surface area contributed by atoms with Crippen LogP contribution in [0.2, 0.25) is 0 Å². The number of hydrogen-bond donors (Lipinski definition) is 0. The number of aryl methyl sites for hydroxylation is 1. The maximum Gasteiger partial charge on any atom is 0.243 e. The SMILES string of the molecule is Cc1cc(S(=O)(=O)N2CCOc3ccc(COCc4cccc(F)c4)cc3C2)ccc1F. The maximum atomic E-state index is 13.6. The van der Waals surface area contributed by atoms with Gasteiger partial charge >= 0.3 is 0 Å². The molecule has 0 unspecified atom stereocenters. The second kappa shape index (κ2) is 9.36. The van der Waals surface area contributed by atoms with Crippen LogP contribution in [0.25, 0.3) is 0 Å². The normalized spacial score (nSPS) is 14.5. The molecule has 4 rings (SSSR count). The van der Waals surface area contributed by atoms with Crippen molar-refractivity contribution in [3.63, 3.8) is 0 Å². The first-order chi connectivity index (χ1) is 15.3. The molecular formula is C24H23F2NO4S. The molecule has 0 aromatic heterocycles. The van der Waals surface area contributed by atoms with Crippen LogP contribution in [-0.4, -0.2) is 25.9 Å². The molecule has 32 heavy (non-hydrogen) atoms. The van der Waals surface area contributed by atoms with Crippen LogP contribution < -0.4 is 4.74 Å². The molecule has 0 amide bonds. The molecule has 3 aromatic rings. The Morgan fingerprint density at radius 2 is 1.78 bits per heavy atom. The zero-order chi connectivity index (χ0) is 22.7. The van der Waals surface area contributed by atoms with E-state index >= 15 is 0 Å². The van der Waals surface area contributed by atoms with Crippen molar-refractivity contribution in [1.29, 1.82) is 0 Å². The van der Waals surface area contributed by atoms with Gasteiger partial charge in [-0.05, 0) is 66.1 Å². The summed E-state index contributed by atoms with van der Waals surface area (Å²) in [6, 6.07) is 15.5. The Hall–Kier alpha value is -2.81. The summed E-state index contributed by atoms with van der Waals surface area (Å²) in [6.07, 6.45) is 0. The fraction of sp³-hybridized carbons (Fsp3) is 0.250. The van der Waals surface area contributed by atoms with Crippen molar-refractivity contribution >= 4 is 10.0 Å². The minimum atomic E-state index is -3.82. The molecule has 1 aliphatic heterocycles. The summed E-state index contributed by atoms with van der Waals surface area (Å²) in [7, 11) is -3.82. The van der Waals surface area contributed by atoms with E-state index in [-0.39, 0.29) is 49.2 Å². The molecular weight excluding hydrogens is 436 g/mol. The van der Waals surface area contributed by atoms with E-state index in [1.54, 1.807) is 18.2 Å². The van der Waals surface area contributed by atoms with Crippen LogP contribution in [0.1, 0.15) is 22.3 Å². The van der Waals surface area contributed by atoms with Gasteiger partial charge in [-0.15, -0.1) is 0 Å². The van der Waals surface area contributed by atoms with Gasteiger partial charge in [0.15, 0.2) is 0 Å². The fourth-order valence-electron chi connectivity index (χ4n) is 3.56. The summed E-state index contributed by atoms with van der Waals surface area (Å²) >= 11 is 0. The summed E-state index contributed by atoms with van der Waals surface area (Å²) in [6.45, 7) is 2.60. The predicted octanol–water partition coefficient (Wildman–Crippen LogP) is 4.57. The number of nitrogens with zero attached hydrogens (tertiary/aromatic N) is 1. The smallest absolute Gasteiger partial charge is 0.243 e. The molecule has 0 radical (unpaired) electrons. The first kappa shape index (κ1) is 22.4. The fourth-order valence-corrected chi connectivity index (χ4v) is 5.05. The van der Waals surface area contributed by atoms with E-state index in [1.165, 1.54) is 41.6 Å². The largest absolute Gasteiger partial charge is 0.492 e.